The molecule has 34 heavy (non-hydrogen) atoms. The Morgan fingerprint density at radius 1 is 0.941 bits per heavy atom. The summed E-state index contributed by atoms with van der Waals surface area (Å²) in [5, 5.41) is 12.3. The van der Waals surface area contributed by atoms with Crippen molar-refractivity contribution in [3.05, 3.63) is 65.9 Å². The molecule has 1 saturated heterocycles. The van der Waals surface area contributed by atoms with Crippen LogP contribution in [0.3, 0.4) is 0 Å². The van der Waals surface area contributed by atoms with Crippen LogP contribution in [0.4, 0.5) is 26.2 Å². The molecule has 0 spiro atoms. The number of tetrazole rings is 1. The molecule has 0 saturated carbocycles. The minimum absolute atomic E-state index is 0.263. The molecule has 0 bridgehead atoms. The van der Waals surface area contributed by atoms with Crippen molar-refractivity contribution in [2.24, 2.45) is 0 Å². The van der Waals surface area contributed by atoms with Gasteiger partial charge in [0.15, 0.2) is 17.5 Å². The van der Waals surface area contributed by atoms with Gasteiger partial charge in [-0.2, -0.15) is 9.67 Å². The summed E-state index contributed by atoms with van der Waals surface area (Å²) in [5.41, 5.74) is 2.80. The van der Waals surface area contributed by atoms with Crippen LogP contribution in [-0.4, -0.2) is 68.3 Å². The van der Waals surface area contributed by atoms with E-state index in [0.717, 1.165) is 43.6 Å². The molecule has 4 aromatic rings. The lowest BCUT2D eigenvalue weighted by Gasteiger charge is -2.33. The summed E-state index contributed by atoms with van der Waals surface area (Å²) in [6.07, 6.45) is 1.74. The molecule has 0 aliphatic carbocycles. The van der Waals surface area contributed by atoms with E-state index in [1.807, 2.05) is 29.2 Å². The highest BCUT2D eigenvalue weighted by atomic mass is 19.2. The number of fused-ring (bicyclic) bond motifs is 5. The van der Waals surface area contributed by atoms with Crippen molar-refractivity contribution < 1.29 is 8.78 Å². The lowest BCUT2D eigenvalue weighted by Crippen LogP contribution is -2.45. The number of para-hydroxylation sites is 2. The highest BCUT2D eigenvalue weighted by molar-refractivity contribution is 5.83. The van der Waals surface area contributed by atoms with E-state index in [-0.39, 0.29) is 6.54 Å². The van der Waals surface area contributed by atoms with Crippen molar-refractivity contribution in [3.63, 3.8) is 0 Å². The number of halogens is 2. The Hall–Kier alpha value is -3.99. The van der Waals surface area contributed by atoms with Crippen LogP contribution in [0.2, 0.25) is 0 Å². The van der Waals surface area contributed by atoms with E-state index in [2.05, 4.69) is 37.4 Å². The van der Waals surface area contributed by atoms with Crippen LogP contribution >= 0.6 is 0 Å². The third-order valence-electron chi connectivity index (χ3n) is 6.23. The molecule has 0 atom stereocenters. The van der Waals surface area contributed by atoms with Gasteiger partial charge in [0.25, 0.3) is 0 Å². The van der Waals surface area contributed by atoms with Gasteiger partial charge in [-0.1, -0.05) is 18.2 Å². The van der Waals surface area contributed by atoms with Crippen molar-refractivity contribution in [1.82, 2.24) is 35.1 Å². The number of aromatic nitrogens is 6. The topological polar surface area (TPSA) is 79.1 Å². The molecular formula is C23H21F2N9. The normalized spacial score (nSPS) is 15.5. The largest absolute Gasteiger partial charge is 0.338 e. The lowest BCUT2D eigenvalue weighted by molar-refractivity contribution is 0.311. The summed E-state index contributed by atoms with van der Waals surface area (Å²) in [5.74, 6) is -0.0358. The Labute approximate surface area is 194 Å². The minimum atomic E-state index is -0.888. The Bertz CT molecular complexity index is 1360. The summed E-state index contributed by atoms with van der Waals surface area (Å²) in [6, 6.07) is 11.6. The maximum atomic E-state index is 14.0. The van der Waals surface area contributed by atoms with E-state index in [0.29, 0.717) is 28.7 Å². The van der Waals surface area contributed by atoms with Crippen LogP contribution in [0, 0.1) is 11.6 Å². The fraction of sp³-hybridized carbons (Fsp3) is 0.261. The Morgan fingerprint density at radius 3 is 2.53 bits per heavy atom. The molecular weight excluding hydrogens is 440 g/mol. The van der Waals surface area contributed by atoms with Gasteiger partial charge in [0.05, 0.1) is 16.9 Å². The molecule has 9 nitrogen and oxygen atoms in total. The standard InChI is InChI=1S/C23H21F2N9/c1-31-8-10-32(11-9-31)23-26-13-16-21(27-23)33(14-15-6-7-17(24)18(25)12-15)19-4-2-3-5-20(19)34-22(16)28-29-30-34/h2-7,12-13H,8-11,14H2,1H3. The number of piperazine rings is 1. The zero-order chi connectivity index (χ0) is 23.2. The molecule has 0 unspecified atom stereocenters. The molecule has 0 N–H and O–H groups in total. The second-order valence-corrected chi connectivity index (χ2v) is 8.44. The van der Waals surface area contributed by atoms with Crippen LogP contribution < -0.4 is 9.80 Å². The van der Waals surface area contributed by atoms with Gasteiger partial charge in [-0.15, -0.1) is 5.10 Å². The summed E-state index contributed by atoms with van der Waals surface area (Å²) in [7, 11) is 2.09. The first kappa shape index (κ1) is 20.6. The molecule has 2 aliphatic heterocycles. The van der Waals surface area contributed by atoms with E-state index < -0.39 is 11.6 Å². The SMILES string of the molecule is CN1CCN(c2ncc3c(n2)N(Cc2ccc(F)c(F)c2)c2ccccc2-n2nnnc2-3)CC1. The van der Waals surface area contributed by atoms with Crippen molar-refractivity contribution >= 4 is 17.5 Å². The lowest BCUT2D eigenvalue weighted by atomic mass is 10.1. The molecule has 172 valence electrons. The molecule has 1 fully saturated rings. The molecule has 11 heteroatoms. The minimum Gasteiger partial charge on any atom is -0.338 e. The molecule has 2 aromatic heterocycles. The predicted molar refractivity (Wildman–Crippen MR) is 122 cm³/mol. The number of anilines is 3. The number of rotatable bonds is 3. The Kier molecular flexibility index (Phi) is 4.91. The average molecular weight is 461 g/mol. The maximum Gasteiger partial charge on any atom is 0.227 e. The smallest absolute Gasteiger partial charge is 0.227 e. The number of hydrogen-bond acceptors (Lipinski definition) is 8. The summed E-state index contributed by atoms with van der Waals surface area (Å²) in [6.45, 7) is 3.72. The first-order valence-corrected chi connectivity index (χ1v) is 11.0. The molecule has 4 heterocycles. The molecule has 6 rings (SSSR count). The third-order valence-corrected chi connectivity index (χ3v) is 6.23. The van der Waals surface area contributed by atoms with Gasteiger partial charge in [-0.3, -0.25) is 0 Å². The number of hydrogen-bond donors (Lipinski definition) is 0. The van der Waals surface area contributed by atoms with Crippen LogP contribution in [0.15, 0.2) is 48.7 Å². The van der Waals surface area contributed by atoms with Crippen molar-refractivity contribution in [1.29, 1.82) is 0 Å². The van der Waals surface area contributed by atoms with E-state index >= 15 is 0 Å². The zero-order valence-electron chi connectivity index (χ0n) is 18.4. The summed E-state index contributed by atoms with van der Waals surface area (Å²) in [4.78, 5) is 16.0. The van der Waals surface area contributed by atoms with Crippen molar-refractivity contribution in [2.75, 3.05) is 43.0 Å². The van der Waals surface area contributed by atoms with Gasteiger partial charge in [0.1, 0.15) is 5.82 Å². The fourth-order valence-corrected chi connectivity index (χ4v) is 4.37. The number of nitrogens with zero attached hydrogens (tertiary/aromatic N) is 9. The first-order valence-electron chi connectivity index (χ1n) is 11.0. The van der Waals surface area contributed by atoms with Crippen LogP contribution in [0.5, 0.6) is 0 Å². The van der Waals surface area contributed by atoms with Crippen LogP contribution in [0.1, 0.15) is 5.56 Å². The van der Waals surface area contributed by atoms with E-state index in [1.165, 1.54) is 6.07 Å². The molecule has 0 radical (unpaired) electrons. The second kappa shape index (κ2) is 8.10. The van der Waals surface area contributed by atoms with Gasteiger partial charge >= 0.3 is 0 Å². The van der Waals surface area contributed by atoms with E-state index in [9.17, 15) is 8.78 Å². The first-order chi connectivity index (χ1) is 16.6. The van der Waals surface area contributed by atoms with Crippen molar-refractivity contribution in [2.45, 2.75) is 6.54 Å². The second-order valence-electron chi connectivity index (χ2n) is 8.44. The summed E-state index contributed by atoms with van der Waals surface area (Å²) < 4.78 is 29.3. The fourth-order valence-electron chi connectivity index (χ4n) is 4.37. The molecule has 0 amide bonds. The summed E-state index contributed by atoms with van der Waals surface area (Å²) >= 11 is 0. The average Bonchev–Trinajstić information content (AvgIpc) is 3.31. The van der Waals surface area contributed by atoms with Gasteiger partial charge < -0.3 is 14.7 Å². The van der Waals surface area contributed by atoms with Gasteiger partial charge in [-0.05, 0) is 47.3 Å². The zero-order valence-corrected chi connectivity index (χ0v) is 18.4. The van der Waals surface area contributed by atoms with Gasteiger partial charge in [0.2, 0.25) is 5.95 Å². The maximum absolute atomic E-state index is 14.0. The highest BCUT2D eigenvalue weighted by Crippen LogP contribution is 2.41. The quantitative estimate of drug-likeness (QED) is 0.461. The number of benzene rings is 2. The van der Waals surface area contributed by atoms with Gasteiger partial charge in [0, 0.05) is 38.9 Å². The van der Waals surface area contributed by atoms with Crippen LogP contribution in [0.25, 0.3) is 17.1 Å². The van der Waals surface area contributed by atoms with Gasteiger partial charge in [-0.25, -0.2) is 13.8 Å². The van der Waals surface area contributed by atoms with E-state index in [4.69, 9.17) is 4.98 Å². The van der Waals surface area contributed by atoms with Crippen molar-refractivity contribution in [3.8, 4) is 17.1 Å². The van der Waals surface area contributed by atoms with Crippen LogP contribution in [-0.2, 0) is 6.54 Å². The number of likely N-dealkylation sites (N-methyl/N-ethyl adjacent to an activating group) is 1. The molecule has 2 aromatic carbocycles. The monoisotopic (exact) mass is 461 g/mol. The Morgan fingerprint density at radius 2 is 1.74 bits per heavy atom. The predicted octanol–water partition coefficient (Wildman–Crippen LogP) is 2.80. The highest BCUT2D eigenvalue weighted by Gasteiger charge is 2.30. The van der Waals surface area contributed by atoms with E-state index in [1.54, 1.807) is 16.9 Å². The molecule has 2 aliphatic rings. The Balaban J connectivity index is 1.52. The third kappa shape index (κ3) is 3.45.